The molecule has 174 valence electrons. The molecular formula is C20H15FN5O7P. The molecule has 1 atom stereocenters. The summed E-state index contributed by atoms with van der Waals surface area (Å²) in [4.78, 5) is 29.8. The molecule has 0 aliphatic carbocycles. The van der Waals surface area contributed by atoms with Crippen LogP contribution in [0.15, 0.2) is 55.0 Å². The minimum atomic E-state index is -3.50. The number of rotatable bonds is 6. The number of benzene rings is 1. The lowest BCUT2D eigenvalue weighted by Crippen LogP contribution is -2.66. The topological polar surface area (TPSA) is 134 Å². The van der Waals surface area contributed by atoms with Crippen molar-refractivity contribution in [3.63, 3.8) is 0 Å². The van der Waals surface area contributed by atoms with Crippen molar-refractivity contribution >= 4 is 25.5 Å². The molecule has 0 saturated carbocycles. The minimum absolute atomic E-state index is 0.0670. The van der Waals surface area contributed by atoms with Gasteiger partial charge in [0, 0.05) is 18.0 Å². The number of halogens is 1. The van der Waals surface area contributed by atoms with Crippen molar-refractivity contribution in [2.45, 2.75) is 12.1 Å². The first-order chi connectivity index (χ1) is 16.3. The van der Waals surface area contributed by atoms with Gasteiger partial charge in [-0.1, -0.05) is 6.07 Å². The van der Waals surface area contributed by atoms with Crippen LogP contribution >= 0.6 is 7.82 Å². The molecule has 4 aliphatic rings. The van der Waals surface area contributed by atoms with Gasteiger partial charge < -0.3 is 10.1 Å². The molecule has 14 heteroatoms. The zero-order chi connectivity index (χ0) is 23.5. The van der Waals surface area contributed by atoms with E-state index in [1.54, 1.807) is 30.7 Å². The number of nitrogens with one attached hydrogen (secondary N) is 1. The number of anilines is 1. The van der Waals surface area contributed by atoms with Crippen molar-refractivity contribution in [1.29, 1.82) is 0 Å². The fourth-order valence-electron chi connectivity index (χ4n) is 3.71. The molecular weight excluding hydrogens is 472 g/mol. The molecule has 2 bridgehead atoms. The summed E-state index contributed by atoms with van der Waals surface area (Å²) >= 11 is 0. The molecule has 1 aromatic carbocycles. The van der Waals surface area contributed by atoms with Crippen LogP contribution in [-0.2, 0) is 27.7 Å². The molecule has 1 N–H and O–H groups in total. The van der Waals surface area contributed by atoms with Crippen molar-refractivity contribution in [3.8, 4) is 16.9 Å². The fourth-order valence-corrected chi connectivity index (χ4v) is 4.88. The summed E-state index contributed by atoms with van der Waals surface area (Å²) in [6.45, 7) is -0.00901. The summed E-state index contributed by atoms with van der Waals surface area (Å²) in [5.74, 6) is -3.36. The largest absolute Gasteiger partial charge is 0.489 e. The van der Waals surface area contributed by atoms with Gasteiger partial charge in [-0.15, -0.1) is 0 Å². The van der Waals surface area contributed by atoms with E-state index in [1.807, 2.05) is 12.1 Å². The average molecular weight is 487 g/mol. The van der Waals surface area contributed by atoms with E-state index in [0.717, 1.165) is 5.56 Å². The Labute approximate surface area is 190 Å². The van der Waals surface area contributed by atoms with Crippen LogP contribution in [-0.4, -0.2) is 51.9 Å². The molecule has 0 spiro atoms. The van der Waals surface area contributed by atoms with Gasteiger partial charge in [-0.25, -0.2) is 32.0 Å². The van der Waals surface area contributed by atoms with Crippen LogP contribution in [0.25, 0.3) is 16.9 Å². The highest BCUT2D eigenvalue weighted by molar-refractivity contribution is 7.52. The molecule has 4 saturated heterocycles. The first-order valence-electron chi connectivity index (χ1n) is 10.1. The van der Waals surface area contributed by atoms with Gasteiger partial charge in [0.2, 0.25) is 0 Å². The maximum absolute atomic E-state index is 14.9. The maximum Gasteiger partial charge on any atom is 0.489 e. The highest BCUT2D eigenvalue weighted by Crippen LogP contribution is 2.79. The number of phosphoric acid groups is 1. The smallest absolute Gasteiger partial charge is 0.442 e. The summed E-state index contributed by atoms with van der Waals surface area (Å²) in [5, 5.41) is 6.64. The van der Waals surface area contributed by atoms with Gasteiger partial charge in [0.25, 0.3) is 0 Å². The Bertz CT molecular complexity index is 1340. The molecule has 6 heterocycles. The Hall–Kier alpha value is -3.64. The minimum Gasteiger partial charge on any atom is -0.442 e. The van der Waals surface area contributed by atoms with Gasteiger partial charge in [0.1, 0.15) is 11.8 Å². The third-order valence-electron chi connectivity index (χ3n) is 5.37. The van der Waals surface area contributed by atoms with Crippen molar-refractivity contribution in [2.75, 3.05) is 18.0 Å². The second-order valence-corrected chi connectivity index (χ2v) is 9.07. The van der Waals surface area contributed by atoms with E-state index in [9.17, 15) is 18.5 Å². The highest BCUT2D eigenvalue weighted by Gasteiger charge is 2.79. The fraction of sp³-hybridized carbons (Fsp3) is 0.200. The summed E-state index contributed by atoms with van der Waals surface area (Å²) < 4.78 is 46.8. The van der Waals surface area contributed by atoms with Crippen LogP contribution in [0, 0.1) is 5.82 Å². The van der Waals surface area contributed by atoms with E-state index in [0.29, 0.717) is 5.69 Å². The second kappa shape index (κ2) is 7.43. The van der Waals surface area contributed by atoms with Crippen LogP contribution in [0.5, 0.6) is 0 Å². The highest BCUT2D eigenvalue weighted by atomic mass is 31.2. The van der Waals surface area contributed by atoms with E-state index in [-0.39, 0.29) is 24.5 Å². The normalized spacial score (nSPS) is 27.0. The van der Waals surface area contributed by atoms with E-state index in [2.05, 4.69) is 15.4 Å². The first-order valence-corrected chi connectivity index (χ1v) is 11.5. The number of hydrogen-bond acceptors (Lipinski definition) is 9. The van der Waals surface area contributed by atoms with Gasteiger partial charge >= 0.3 is 25.8 Å². The summed E-state index contributed by atoms with van der Waals surface area (Å²) in [6, 6.07) is 9.73. The lowest BCUT2D eigenvalue weighted by atomic mass is 10.2. The van der Waals surface area contributed by atoms with Gasteiger partial charge in [0.05, 0.1) is 30.7 Å². The lowest BCUT2D eigenvalue weighted by molar-refractivity contribution is -0.399. The third kappa shape index (κ3) is 3.37. The Morgan fingerprint density at radius 1 is 1.26 bits per heavy atom. The Balaban J connectivity index is 1.12. The van der Waals surface area contributed by atoms with Gasteiger partial charge in [-0.05, 0) is 30.3 Å². The number of amides is 2. The van der Waals surface area contributed by atoms with E-state index in [1.165, 1.54) is 21.7 Å². The first kappa shape index (κ1) is 20.9. The Kier molecular flexibility index (Phi) is 4.58. The van der Waals surface area contributed by atoms with Crippen molar-refractivity contribution in [3.05, 3.63) is 60.8 Å². The van der Waals surface area contributed by atoms with Crippen LogP contribution in [0.1, 0.15) is 0 Å². The number of aromatic nitrogens is 3. The van der Waals surface area contributed by atoms with Gasteiger partial charge in [0.15, 0.2) is 5.82 Å². The quantitative estimate of drug-likeness (QED) is 0.520. The Morgan fingerprint density at radius 2 is 2.09 bits per heavy atom. The molecule has 2 amide bonds. The van der Waals surface area contributed by atoms with Crippen molar-refractivity contribution in [1.82, 2.24) is 20.1 Å². The number of ether oxygens (including phenoxy) is 1. The monoisotopic (exact) mass is 487 g/mol. The van der Waals surface area contributed by atoms with Gasteiger partial charge in [-0.3, -0.25) is 14.7 Å². The van der Waals surface area contributed by atoms with Crippen molar-refractivity contribution < 1.29 is 36.9 Å². The molecule has 4 fully saturated rings. The Morgan fingerprint density at radius 3 is 2.79 bits per heavy atom. The zero-order valence-electron chi connectivity index (χ0n) is 17.2. The molecule has 0 radical (unpaired) electrons. The van der Waals surface area contributed by atoms with E-state index < -0.39 is 37.7 Å². The molecule has 0 unspecified atom stereocenters. The maximum atomic E-state index is 14.9. The van der Waals surface area contributed by atoms with Crippen LogP contribution in [0.2, 0.25) is 0 Å². The number of pyridine rings is 1. The molecule has 7 rings (SSSR count). The average Bonchev–Trinajstić information content (AvgIpc) is 3.42. The third-order valence-corrected chi connectivity index (χ3v) is 6.76. The van der Waals surface area contributed by atoms with Gasteiger partial charge in [-0.2, -0.15) is 5.10 Å². The molecule has 34 heavy (non-hydrogen) atoms. The predicted molar refractivity (Wildman–Crippen MR) is 111 cm³/mol. The second-order valence-electron chi connectivity index (χ2n) is 7.63. The summed E-state index contributed by atoms with van der Waals surface area (Å²) in [6.07, 6.45) is 3.49. The SMILES string of the molecule is O=C1O[C@@H](CNC(=O)C23OP(=O)(O2)O3)CN1c1ccc(-n2cc(-c3ccccn3)cn2)c(F)c1. The standard InChI is InChI=1S/C20H15FN5O7P/c21-15-7-13(4-5-17(15)26-10-12(8-24-26)16-3-1-2-6-22-16)25-11-14(30-19(25)28)9-23-18(27)20-31-34(29,32-20)33-20/h1-8,10,14H,9,11H2,(H,23,27)/t14-,20?,34?/m0/s1. The van der Waals surface area contributed by atoms with Crippen molar-refractivity contribution in [2.24, 2.45) is 0 Å². The number of hydrogen-bond donors (Lipinski definition) is 1. The summed E-state index contributed by atoms with van der Waals surface area (Å²) in [5.41, 5.74) is 1.91. The molecule has 12 nitrogen and oxygen atoms in total. The number of carbonyl (C=O) groups is 2. The number of phosphoric ester groups is 1. The lowest BCUT2D eigenvalue weighted by Gasteiger charge is -2.53. The molecule has 4 aliphatic heterocycles. The molecule has 2 aromatic heterocycles. The van der Waals surface area contributed by atoms with E-state index in [4.69, 9.17) is 18.3 Å². The number of carbonyl (C=O) groups excluding carboxylic acids is 2. The predicted octanol–water partition coefficient (Wildman–Crippen LogP) is 2.35. The summed E-state index contributed by atoms with van der Waals surface area (Å²) in [7, 11) is -3.50. The number of cyclic esters (lactones) is 1. The van der Waals surface area contributed by atoms with Crippen LogP contribution in [0.3, 0.4) is 0 Å². The zero-order valence-corrected chi connectivity index (χ0v) is 18.1. The van der Waals surface area contributed by atoms with E-state index >= 15 is 0 Å². The van der Waals surface area contributed by atoms with Crippen LogP contribution in [0.4, 0.5) is 14.9 Å². The van der Waals surface area contributed by atoms with Crippen LogP contribution < -0.4 is 10.2 Å². The number of nitrogens with zero attached hydrogens (tertiary/aromatic N) is 4. The molecule has 3 aromatic rings.